The molecule has 0 amide bonds. The van der Waals surface area contributed by atoms with E-state index in [2.05, 4.69) is 139 Å². The molecule has 0 saturated heterocycles. The van der Waals surface area contributed by atoms with Crippen LogP contribution in [0.3, 0.4) is 0 Å². The lowest BCUT2D eigenvalue weighted by Crippen LogP contribution is -2.14. The number of rotatable bonds is 9. The third-order valence-corrected chi connectivity index (χ3v) is 5.85. The van der Waals surface area contributed by atoms with E-state index >= 15 is 0 Å². The van der Waals surface area contributed by atoms with Gasteiger partial charge in [-0.15, -0.1) is 18.2 Å². The van der Waals surface area contributed by atoms with Gasteiger partial charge in [-0.25, -0.2) is 0 Å². The van der Waals surface area contributed by atoms with Crippen LogP contribution in [0.2, 0.25) is 0 Å². The van der Waals surface area contributed by atoms with E-state index in [-0.39, 0.29) is 0 Å². The Labute approximate surface area is 298 Å². The molecule has 280 valence electrons. The molecule has 0 aliphatic heterocycles. The maximum absolute atomic E-state index is 11.6. The number of nitrogens with zero attached hydrogens (tertiary/aromatic N) is 2. The summed E-state index contributed by atoms with van der Waals surface area (Å²) < 4.78 is 34.8. The van der Waals surface area contributed by atoms with E-state index in [4.69, 9.17) is 16.9 Å². The standard InChI is InChI=1S/C8H17N.C6H9F3.C6H9N.2C6H12.C5H10.C4H9Cl/c1-8(2)6-5-7-9(3)4;1-4(2)5(3)6(7,8)9;1-5(2)6(3)4-7;1-5(2)6(3)4;1-4-5-6(2)3;1-4-5(2)3;1-4(2)3-5/h5-6,8H,7H2,1-4H3;4H,3H2,1-2H3;5H,3H2,1-2H3;6H,1H2,2-4H3;4-6H,1-3H3;4-5H,1H2,2-3H3;4H,3H2,1-2H3/b6-5+;;;;5-4+;;. The molecule has 0 aromatic rings. The average Bonchev–Trinajstić information content (AvgIpc) is 2.92. The molecule has 0 heterocycles. The second kappa shape index (κ2) is 40.1. The number of hydrogen-bond donors (Lipinski definition) is 0. The zero-order valence-electron chi connectivity index (χ0n) is 34.1. The Morgan fingerprint density at radius 2 is 1.11 bits per heavy atom. The van der Waals surface area contributed by atoms with Gasteiger partial charge in [-0.1, -0.05) is 153 Å². The predicted octanol–water partition coefficient (Wildman–Crippen LogP) is 14.4. The fourth-order valence-corrected chi connectivity index (χ4v) is 1.39. The zero-order chi connectivity index (χ0) is 39.5. The van der Waals surface area contributed by atoms with Gasteiger partial charge < -0.3 is 4.90 Å². The monoisotopic (exact) mass is 691 g/mol. The number of likely N-dealkylation sites (N-methyl/N-ethyl adjacent to an activating group) is 1. The quantitative estimate of drug-likeness (QED) is 0.137. The van der Waals surface area contributed by atoms with Crippen LogP contribution in [0.1, 0.15) is 111 Å². The van der Waals surface area contributed by atoms with Crippen LogP contribution in [0.4, 0.5) is 13.2 Å². The molecule has 6 heteroatoms. The lowest BCUT2D eigenvalue weighted by atomic mass is 10.1. The molecule has 0 rings (SSSR count). The summed E-state index contributed by atoms with van der Waals surface area (Å²) in [5.74, 6) is 3.94. The normalized spacial score (nSPS) is 10.5. The number of alkyl halides is 4. The lowest BCUT2D eigenvalue weighted by Gasteiger charge is -2.11. The third kappa shape index (κ3) is 80.8. The van der Waals surface area contributed by atoms with Gasteiger partial charge in [0, 0.05) is 23.6 Å². The van der Waals surface area contributed by atoms with Crippen LogP contribution in [-0.2, 0) is 0 Å². The van der Waals surface area contributed by atoms with Gasteiger partial charge in [0.05, 0.1) is 6.07 Å². The highest BCUT2D eigenvalue weighted by atomic mass is 35.5. The minimum absolute atomic E-state index is 0.310. The summed E-state index contributed by atoms with van der Waals surface area (Å²) in [6.45, 7) is 47.1. The molecule has 0 bridgehead atoms. The number of allylic oxidation sites excluding steroid dienone is 7. The summed E-state index contributed by atoms with van der Waals surface area (Å²) in [6.07, 6.45) is 6.36. The molecule has 0 atom stereocenters. The first-order valence-corrected chi connectivity index (χ1v) is 17.3. The van der Waals surface area contributed by atoms with Crippen molar-refractivity contribution in [2.45, 2.75) is 117 Å². The Bertz CT molecular complexity index is 821. The van der Waals surface area contributed by atoms with Crippen molar-refractivity contribution in [2.75, 3.05) is 26.5 Å². The maximum atomic E-state index is 11.6. The first kappa shape index (κ1) is 60.3. The highest BCUT2D eigenvalue weighted by molar-refractivity contribution is 6.18. The van der Waals surface area contributed by atoms with Crippen LogP contribution < -0.4 is 0 Å². The Morgan fingerprint density at radius 1 is 0.766 bits per heavy atom. The lowest BCUT2D eigenvalue weighted by molar-refractivity contribution is -0.0971. The molecule has 0 unspecified atom stereocenters. The fourth-order valence-electron chi connectivity index (χ4n) is 1.39. The molecule has 0 aliphatic rings. The van der Waals surface area contributed by atoms with Gasteiger partial charge in [0.2, 0.25) is 0 Å². The van der Waals surface area contributed by atoms with Gasteiger partial charge in [-0.3, -0.25) is 0 Å². The summed E-state index contributed by atoms with van der Waals surface area (Å²) in [4.78, 5) is 2.15. The molecule has 47 heavy (non-hydrogen) atoms. The molecule has 0 fully saturated rings. The van der Waals surface area contributed by atoms with E-state index in [1.165, 1.54) is 19.4 Å². The van der Waals surface area contributed by atoms with E-state index in [1.807, 2.05) is 39.8 Å². The van der Waals surface area contributed by atoms with Crippen molar-refractivity contribution in [3.8, 4) is 6.07 Å². The van der Waals surface area contributed by atoms with Gasteiger partial charge in [0.25, 0.3) is 0 Å². The van der Waals surface area contributed by atoms with Crippen molar-refractivity contribution in [2.24, 2.45) is 41.4 Å². The van der Waals surface area contributed by atoms with Crippen LogP contribution in [-0.4, -0.2) is 37.6 Å². The van der Waals surface area contributed by atoms with Crippen LogP contribution in [0.5, 0.6) is 0 Å². The van der Waals surface area contributed by atoms with Crippen molar-refractivity contribution in [3.05, 3.63) is 73.4 Å². The molecular formula is C41H78ClF3N2. The molecule has 0 saturated carbocycles. The predicted molar refractivity (Wildman–Crippen MR) is 212 cm³/mol. The van der Waals surface area contributed by atoms with Crippen LogP contribution >= 0.6 is 11.6 Å². The van der Waals surface area contributed by atoms with E-state index in [1.54, 1.807) is 0 Å². The van der Waals surface area contributed by atoms with Crippen LogP contribution in [0, 0.1) is 52.8 Å². The Balaban J connectivity index is -0.0000000804. The summed E-state index contributed by atoms with van der Waals surface area (Å²) in [6, 6.07) is 1.97. The van der Waals surface area contributed by atoms with Crippen molar-refractivity contribution >= 4 is 11.6 Å². The second-order valence-corrected chi connectivity index (χ2v) is 14.0. The van der Waals surface area contributed by atoms with E-state index in [9.17, 15) is 13.2 Å². The zero-order valence-corrected chi connectivity index (χ0v) is 34.8. The fraction of sp³-hybridized carbons (Fsp3) is 0.683. The highest BCUT2D eigenvalue weighted by Gasteiger charge is 2.33. The molecule has 0 radical (unpaired) electrons. The Kier molecular flexibility index (Phi) is 51.5. The first-order chi connectivity index (χ1) is 21.1. The molecule has 0 aromatic heterocycles. The minimum atomic E-state index is -4.21. The summed E-state index contributed by atoms with van der Waals surface area (Å²) in [5.41, 5.74) is 1.25. The highest BCUT2D eigenvalue weighted by Crippen LogP contribution is 2.29. The SMILES string of the molecule is C/C=C/C(C)C.C=C(C#N)C(C)C.C=C(C(C)C)C(F)(F)F.C=C(C)C(C)C.C=CC(C)C.CC(C)/C=C/CN(C)C.CC(C)CCl. The summed E-state index contributed by atoms with van der Waals surface area (Å²) in [7, 11) is 4.15. The smallest absolute Gasteiger partial charge is 0.306 e. The van der Waals surface area contributed by atoms with Crippen molar-refractivity contribution in [3.63, 3.8) is 0 Å². The van der Waals surface area contributed by atoms with E-state index in [0.717, 1.165) is 18.3 Å². The Hall–Kier alpha value is -2.03. The molecular weight excluding hydrogens is 613 g/mol. The number of nitriles is 1. The number of halogens is 4. The number of hydrogen-bond acceptors (Lipinski definition) is 2. The minimum Gasteiger partial charge on any atom is -0.306 e. The third-order valence-electron chi connectivity index (χ3n) is 5.24. The summed E-state index contributed by atoms with van der Waals surface area (Å²) in [5, 5.41) is 8.16. The molecule has 2 nitrogen and oxygen atoms in total. The molecule has 0 aromatic carbocycles. The first-order valence-electron chi connectivity index (χ1n) is 16.7. The molecule has 0 N–H and O–H groups in total. The molecule has 0 spiro atoms. The van der Waals surface area contributed by atoms with Crippen molar-refractivity contribution < 1.29 is 13.2 Å². The second-order valence-electron chi connectivity index (χ2n) is 13.7. The Morgan fingerprint density at radius 3 is 1.17 bits per heavy atom. The van der Waals surface area contributed by atoms with Gasteiger partial charge >= 0.3 is 6.18 Å². The van der Waals surface area contributed by atoms with Crippen LogP contribution in [0.15, 0.2) is 73.4 Å². The maximum Gasteiger partial charge on any atom is 0.412 e. The van der Waals surface area contributed by atoms with E-state index < -0.39 is 17.7 Å². The van der Waals surface area contributed by atoms with Gasteiger partial charge in [-0.05, 0) is 69.4 Å². The summed E-state index contributed by atoms with van der Waals surface area (Å²) >= 11 is 5.34. The largest absolute Gasteiger partial charge is 0.412 e. The van der Waals surface area contributed by atoms with Gasteiger partial charge in [0.15, 0.2) is 0 Å². The van der Waals surface area contributed by atoms with Gasteiger partial charge in [0.1, 0.15) is 0 Å². The van der Waals surface area contributed by atoms with Crippen molar-refractivity contribution in [1.29, 1.82) is 5.26 Å². The van der Waals surface area contributed by atoms with E-state index in [0.29, 0.717) is 35.2 Å². The topological polar surface area (TPSA) is 27.0 Å². The van der Waals surface area contributed by atoms with Gasteiger partial charge in [-0.2, -0.15) is 18.4 Å². The van der Waals surface area contributed by atoms with Crippen molar-refractivity contribution in [1.82, 2.24) is 4.90 Å². The van der Waals surface area contributed by atoms with Crippen LogP contribution in [0.25, 0.3) is 0 Å². The average molecular weight is 692 g/mol. The molecule has 0 aliphatic carbocycles.